The molecule has 0 aliphatic heterocycles. The summed E-state index contributed by atoms with van der Waals surface area (Å²) in [7, 11) is 0. The Morgan fingerprint density at radius 3 is 2.86 bits per heavy atom. The lowest BCUT2D eigenvalue weighted by molar-refractivity contribution is 0.271. The van der Waals surface area contributed by atoms with Crippen LogP contribution in [0.1, 0.15) is 35.4 Å². The summed E-state index contributed by atoms with van der Waals surface area (Å²) < 4.78 is 7.11. The van der Waals surface area contributed by atoms with E-state index in [1.54, 1.807) is 0 Å². The molecular formula is C18H20BrNO. The van der Waals surface area contributed by atoms with Crippen molar-refractivity contribution in [3.63, 3.8) is 0 Å². The first-order valence-electron chi connectivity index (χ1n) is 7.47. The van der Waals surface area contributed by atoms with Gasteiger partial charge in [-0.2, -0.15) is 0 Å². The Labute approximate surface area is 134 Å². The van der Waals surface area contributed by atoms with Gasteiger partial charge in [0.25, 0.3) is 0 Å². The number of hydrogen-bond donors (Lipinski definition) is 1. The molecule has 0 amide bonds. The maximum Gasteiger partial charge on any atom is 0.137 e. The van der Waals surface area contributed by atoms with E-state index in [9.17, 15) is 0 Å². The number of ether oxygens (including phenoxy) is 1. The molecule has 2 aromatic carbocycles. The second-order valence-electron chi connectivity index (χ2n) is 5.53. The highest BCUT2D eigenvalue weighted by molar-refractivity contribution is 9.10. The molecule has 2 N–H and O–H groups in total. The SMILES string of the molecule is NCc1cccc(Br)c1OCC1CCCc2ccccc21. The smallest absolute Gasteiger partial charge is 0.137 e. The van der Waals surface area contributed by atoms with Gasteiger partial charge in [0.1, 0.15) is 5.75 Å². The number of hydrogen-bond acceptors (Lipinski definition) is 2. The Morgan fingerprint density at radius 1 is 1.14 bits per heavy atom. The quantitative estimate of drug-likeness (QED) is 0.890. The molecule has 1 unspecified atom stereocenters. The predicted octanol–water partition coefficient (Wildman–Crippen LogP) is 4.41. The fourth-order valence-electron chi connectivity index (χ4n) is 3.09. The Morgan fingerprint density at radius 2 is 2.00 bits per heavy atom. The van der Waals surface area contributed by atoms with Crippen molar-refractivity contribution in [2.45, 2.75) is 31.7 Å². The van der Waals surface area contributed by atoms with Crippen LogP contribution in [0.15, 0.2) is 46.9 Å². The minimum absolute atomic E-state index is 0.479. The van der Waals surface area contributed by atoms with Gasteiger partial charge in [-0.3, -0.25) is 0 Å². The average Bonchev–Trinajstić information content (AvgIpc) is 2.53. The normalized spacial score (nSPS) is 17.3. The van der Waals surface area contributed by atoms with Crippen LogP contribution in [0, 0.1) is 0 Å². The molecule has 1 atom stereocenters. The molecule has 0 radical (unpaired) electrons. The lowest BCUT2D eigenvalue weighted by atomic mass is 9.83. The van der Waals surface area contributed by atoms with E-state index in [1.165, 1.54) is 30.4 Å². The van der Waals surface area contributed by atoms with E-state index in [0.29, 0.717) is 19.1 Å². The van der Waals surface area contributed by atoms with E-state index < -0.39 is 0 Å². The molecule has 0 heterocycles. The van der Waals surface area contributed by atoms with Crippen LogP contribution < -0.4 is 10.5 Å². The van der Waals surface area contributed by atoms with Crippen LogP contribution in [0.4, 0.5) is 0 Å². The highest BCUT2D eigenvalue weighted by Crippen LogP contribution is 2.34. The van der Waals surface area contributed by atoms with Crippen LogP contribution in [0.5, 0.6) is 5.75 Å². The number of para-hydroxylation sites is 1. The van der Waals surface area contributed by atoms with E-state index in [4.69, 9.17) is 10.5 Å². The van der Waals surface area contributed by atoms with Crippen LogP contribution in [0.3, 0.4) is 0 Å². The first kappa shape index (κ1) is 14.6. The van der Waals surface area contributed by atoms with Gasteiger partial charge in [-0.15, -0.1) is 0 Å². The third-order valence-corrected chi connectivity index (χ3v) is 4.82. The molecule has 1 aliphatic carbocycles. The van der Waals surface area contributed by atoms with E-state index in [-0.39, 0.29) is 0 Å². The van der Waals surface area contributed by atoms with Crippen LogP contribution in [-0.4, -0.2) is 6.61 Å². The summed E-state index contributed by atoms with van der Waals surface area (Å²) in [6, 6.07) is 14.8. The van der Waals surface area contributed by atoms with Crippen molar-refractivity contribution in [1.29, 1.82) is 0 Å². The minimum Gasteiger partial charge on any atom is -0.491 e. The molecule has 1 aliphatic rings. The van der Waals surface area contributed by atoms with Gasteiger partial charge < -0.3 is 10.5 Å². The van der Waals surface area contributed by atoms with Gasteiger partial charge in [0.2, 0.25) is 0 Å². The van der Waals surface area contributed by atoms with E-state index in [0.717, 1.165) is 15.8 Å². The van der Waals surface area contributed by atoms with Crippen molar-refractivity contribution in [1.82, 2.24) is 0 Å². The first-order chi connectivity index (χ1) is 10.3. The lowest BCUT2D eigenvalue weighted by Crippen LogP contribution is -2.17. The Bertz CT molecular complexity index is 626. The van der Waals surface area contributed by atoms with Crippen molar-refractivity contribution in [3.05, 3.63) is 63.6 Å². The Kier molecular flexibility index (Phi) is 4.61. The Balaban J connectivity index is 1.78. The van der Waals surface area contributed by atoms with Crippen molar-refractivity contribution >= 4 is 15.9 Å². The standard InChI is InChI=1S/C18H20BrNO/c19-17-10-4-7-14(11-20)18(17)21-12-15-8-3-6-13-5-1-2-9-16(13)15/h1-2,4-5,7,9-10,15H,3,6,8,11-12,20H2. The van der Waals surface area contributed by atoms with Gasteiger partial charge >= 0.3 is 0 Å². The number of nitrogens with two attached hydrogens (primary N) is 1. The minimum atomic E-state index is 0.479. The molecule has 0 spiro atoms. The monoisotopic (exact) mass is 345 g/mol. The number of halogens is 1. The van der Waals surface area contributed by atoms with E-state index >= 15 is 0 Å². The highest BCUT2D eigenvalue weighted by atomic mass is 79.9. The molecular weight excluding hydrogens is 326 g/mol. The molecule has 3 rings (SSSR count). The van der Waals surface area contributed by atoms with Crippen LogP contribution in [0.2, 0.25) is 0 Å². The van der Waals surface area contributed by atoms with Crippen molar-refractivity contribution < 1.29 is 4.74 Å². The van der Waals surface area contributed by atoms with Crippen molar-refractivity contribution in [2.75, 3.05) is 6.61 Å². The molecule has 0 bridgehead atoms. The maximum absolute atomic E-state index is 6.13. The Hall–Kier alpha value is -1.32. The average molecular weight is 346 g/mol. The lowest BCUT2D eigenvalue weighted by Gasteiger charge is -2.26. The van der Waals surface area contributed by atoms with Gasteiger partial charge in [-0.05, 0) is 52.4 Å². The van der Waals surface area contributed by atoms with Crippen LogP contribution in [0.25, 0.3) is 0 Å². The van der Waals surface area contributed by atoms with Gasteiger partial charge in [0, 0.05) is 18.0 Å². The van der Waals surface area contributed by atoms with Gasteiger partial charge in [0.05, 0.1) is 11.1 Å². The fraction of sp³-hybridized carbons (Fsp3) is 0.333. The van der Waals surface area contributed by atoms with E-state index in [1.807, 2.05) is 18.2 Å². The summed E-state index contributed by atoms with van der Waals surface area (Å²) in [5, 5.41) is 0. The molecule has 0 saturated carbocycles. The maximum atomic E-state index is 6.13. The largest absolute Gasteiger partial charge is 0.491 e. The first-order valence-corrected chi connectivity index (χ1v) is 8.27. The summed E-state index contributed by atoms with van der Waals surface area (Å²) in [5.41, 5.74) is 9.78. The summed E-state index contributed by atoms with van der Waals surface area (Å²) >= 11 is 3.56. The summed E-state index contributed by atoms with van der Waals surface area (Å²) in [5.74, 6) is 1.37. The third kappa shape index (κ3) is 3.14. The van der Waals surface area contributed by atoms with Gasteiger partial charge in [-0.1, -0.05) is 36.4 Å². The zero-order valence-corrected chi connectivity index (χ0v) is 13.6. The van der Waals surface area contributed by atoms with Crippen LogP contribution in [-0.2, 0) is 13.0 Å². The molecule has 0 aromatic heterocycles. The number of fused-ring (bicyclic) bond motifs is 1. The summed E-state index contributed by atoms with van der Waals surface area (Å²) in [4.78, 5) is 0. The van der Waals surface area contributed by atoms with Gasteiger partial charge in [-0.25, -0.2) is 0 Å². The van der Waals surface area contributed by atoms with Crippen molar-refractivity contribution in [2.24, 2.45) is 5.73 Å². The fourth-order valence-corrected chi connectivity index (χ4v) is 3.61. The topological polar surface area (TPSA) is 35.2 Å². The molecule has 110 valence electrons. The number of benzene rings is 2. The number of aryl methyl sites for hydroxylation is 1. The zero-order valence-electron chi connectivity index (χ0n) is 12.0. The molecule has 0 saturated heterocycles. The van der Waals surface area contributed by atoms with Crippen LogP contribution >= 0.6 is 15.9 Å². The highest BCUT2D eigenvalue weighted by Gasteiger charge is 2.21. The molecule has 0 fully saturated rings. The summed E-state index contributed by atoms with van der Waals surface area (Å²) in [6.07, 6.45) is 3.62. The molecule has 3 heteroatoms. The predicted molar refractivity (Wildman–Crippen MR) is 89.6 cm³/mol. The second kappa shape index (κ2) is 6.63. The molecule has 2 aromatic rings. The molecule has 2 nitrogen and oxygen atoms in total. The summed E-state index contributed by atoms with van der Waals surface area (Å²) in [6.45, 7) is 1.21. The molecule has 21 heavy (non-hydrogen) atoms. The zero-order chi connectivity index (χ0) is 14.7. The second-order valence-corrected chi connectivity index (χ2v) is 6.39. The van der Waals surface area contributed by atoms with Crippen molar-refractivity contribution in [3.8, 4) is 5.75 Å². The third-order valence-electron chi connectivity index (χ3n) is 4.19. The van der Waals surface area contributed by atoms with E-state index in [2.05, 4.69) is 40.2 Å². The van der Waals surface area contributed by atoms with Gasteiger partial charge in [0.15, 0.2) is 0 Å². The number of rotatable bonds is 4.